The lowest BCUT2D eigenvalue weighted by Crippen LogP contribution is -2.48. The van der Waals surface area contributed by atoms with E-state index in [0.717, 1.165) is 23.7 Å². The second-order valence-corrected chi connectivity index (χ2v) is 8.61. The number of hydrogen-bond donors (Lipinski definition) is 0. The van der Waals surface area contributed by atoms with Crippen molar-refractivity contribution in [2.75, 3.05) is 31.1 Å². The van der Waals surface area contributed by atoms with Gasteiger partial charge in [-0.25, -0.2) is 0 Å². The van der Waals surface area contributed by atoms with Crippen LogP contribution in [-0.4, -0.2) is 46.8 Å². The van der Waals surface area contributed by atoms with E-state index in [-0.39, 0.29) is 5.91 Å². The minimum atomic E-state index is 0.0652. The van der Waals surface area contributed by atoms with Gasteiger partial charge < -0.3 is 9.80 Å². The molecule has 0 saturated carbocycles. The van der Waals surface area contributed by atoms with Crippen molar-refractivity contribution in [3.8, 4) is 10.6 Å². The highest BCUT2D eigenvalue weighted by molar-refractivity contribution is 7.13. The number of piperazine rings is 1. The van der Waals surface area contributed by atoms with Crippen LogP contribution in [0.15, 0.2) is 84.4 Å². The first-order valence-electron chi connectivity index (χ1n) is 10.5. The van der Waals surface area contributed by atoms with Gasteiger partial charge in [0.1, 0.15) is 5.69 Å². The quantitative estimate of drug-likeness (QED) is 0.466. The smallest absolute Gasteiger partial charge is 0.257 e. The molecule has 31 heavy (non-hydrogen) atoms. The monoisotopic (exact) mass is 428 g/mol. The number of thiophene rings is 1. The van der Waals surface area contributed by atoms with Crippen LogP contribution in [0.2, 0.25) is 0 Å². The third kappa shape index (κ3) is 4.25. The molecule has 0 bridgehead atoms. The second-order valence-electron chi connectivity index (χ2n) is 7.67. The zero-order valence-corrected chi connectivity index (χ0v) is 18.0. The Morgan fingerprint density at radius 3 is 2.26 bits per heavy atom. The van der Waals surface area contributed by atoms with Crippen LogP contribution in [0, 0.1) is 0 Å². The van der Waals surface area contributed by atoms with E-state index in [0.29, 0.717) is 25.2 Å². The molecule has 1 aliphatic rings. The van der Waals surface area contributed by atoms with Crippen LogP contribution >= 0.6 is 11.3 Å². The fraction of sp³-hybridized carbons (Fsp3) is 0.200. The summed E-state index contributed by atoms with van der Waals surface area (Å²) in [5, 5.41) is 6.82. The molecule has 0 aliphatic carbocycles. The van der Waals surface area contributed by atoms with Crippen LogP contribution in [0.25, 0.3) is 10.6 Å². The third-order valence-electron chi connectivity index (χ3n) is 5.62. The van der Waals surface area contributed by atoms with Crippen LogP contribution in [0.3, 0.4) is 0 Å². The molecule has 5 rings (SSSR count). The Bertz CT molecular complexity index is 1130. The number of benzene rings is 2. The summed E-state index contributed by atoms with van der Waals surface area (Å²) in [6.45, 7) is 3.74. The number of rotatable bonds is 5. The predicted molar refractivity (Wildman–Crippen MR) is 126 cm³/mol. The van der Waals surface area contributed by atoms with Gasteiger partial charge in [-0.15, -0.1) is 11.3 Å². The summed E-state index contributed by atoms with van der Waals surface area (Å²) in [5.74, 6) is 0.0652. The zero-order chi connectivity index (χ0) is 21.0. The lowest BCUT2D eigenvalue weighted by Gasteiger charge is -2.36. The van der Waals surface area contributed by atoms with E-state index >= 15 is 0 Å². The molecule has 1 aliphatic heterocycles. The SMILES string of the molecule is O=C(c1cn(Cc2ccccc2)nc1-c1cccs1)N1CCN(c2ccccc2)CC1. The number of para-hydroxylation sites is 1. The second kappa shape index (κ2) is 8.78. The molecule has 1 saturated heterocycles. The lowest BCUT2D eigenvalue weighted by atomic mass is 10.1. The molecule has 2 aromatic heterocycles. The van der Waals surface area contributed by atoms with E-state index in [1.54, 1.807) is 11.3 Å². The van der Waals surface area contributed by atoms with E-state index in [4.69, 9.17) is 5.10 Å². The molecule has 0 N–H and O–H groups in total. The Balaban J connectivity index is 1.37. The largest absolute Gasteiger partial charge is 0.368 e. The fourth-order valence-corrected chi connectivity index (χ4v) is 4.72. The molecule has 4 aromatic rings. The Hall–Kier alpha value is -3.38. The van der Waals surface area contributed by atoms with Gasteiger partial charge in [0.05, 0.1) is 17.0 Å². The van der Waals surface area contributed by atoms with Crippen LogP contribution in [0.5, 0.6) is 0 Å². The average Bonchev–Trinajstić information content (AvgIpc) is 3.50. The Kier molecular flexibility index (Phi) is 5.54. The van der Waals surface area contributed by atoms with Crippen molar-refractivity contribution in [2.45, 2.75) is 6.54 Å². The van der Waals surface area contributed by atoms with Gasteiger partial charge in [0, 0.05) is 38.1 Å². The maximum atomic E-state index is 13.5. The fourth-order valence-electron chi connectivity index (χ4n) is 4.00. The van der Waals surface area contributed by atoms with Crippen molar-refractivity contribution < 1.29 is 4.79 Å². The number of hydrogen-bond acceptors (Lipinski definition) is 4. The summed E-state index contributed by atoms with van der Waals surface area (Å²) in [5.41, 5.74) is 3.84. The Labute approximate surface area is 186 Å². The van der Waals surface area contributed by atoms with E-state index in [1.165, 1.54) is 11.3 Å². The van der Waals surface area contributed by atoms with Gasteiger partial charge in [0.2, 0.25) is 0 Å². The van der Waals surface area contributed by atoms with Crippen molar-refractivity contribution >= 4 is 22.9 Å². The van der Waals surface area contributed by atoms with Crippen molar-refractivity contribution in [2.24, 2.45) is 0 Å². The van der Waals surface area contributed by atoms with Gasteiger partial charge in [-0.1, -0.05) is 54.6 Å². The highest BCUT2D eigenvalue weighted by atomic mass is 32.1. The van der Waals surface area contributed by atoms with E-state index in [2.05, 4.69) is 41.3 Å². The third-order valence-corrected chi connectivity index (χ3v) is 6.50. The first-order valence-corrected chi connectivity index (χ1v) is 11.4. The molecule has 6 heteroatoms. The van der Waals surface area contributed by atoms with Gasteiger partial charge in [0.25, 0.3) is 5.91 Å². The average molecular weight is 429 g/mol. The van der Waals surface area contributed by atoms with Crippen molar-refractivity contribution in [1.82, 2.24) is 14.7 Å². The van der Waals surface area contributed by atoms with Crippen molar-refractivity contribution in [3.63, 3.8) is 0 Å². The van der Waals surface area contributed by atoms with Gasteiger partial charge in [-0.3, -0.25) is 9.48 Å². The summed E-state index contributed by atoms with van der Waals surface area (Å²) in [6, 6.07) is 24.6. The molecule has 0 spiro atoms. The molecular weight excluding hydrogens is 404 g/mol. The summed E-state index contributed by atoms with van der Waals surface area (Å²) >= 11 is 1.62. The Morgan fingerprint density at radius 2 is 1.58 bits per heavy atom. The normalized spacial score (nSPS) is 14.1. The number of nitrogens with zero attached hydrogens (tertiary/aromatic N) is 4. The predicted octanol–water partition coefficient (Wildman–Crippen LogP) is 4.62. The number of carbonyl (C=O) groups is 1. The maximum absolute atomic E-state index is 13.5. The van der Waals surface area contributed by atoms with E-state index < -0.39 is 0 Å². The summed E-state index contributed by atoms with van der Waals surface area (Å²) in [6.07, 6.45) is 1.91. The van der Waals surface area contributed by atoms with Crippen molar-refractivity contribution in [3.05, 3.63) is 95.5 Å². The minimum Gasteiger partial charge on any atom is -0.368 e. The first-order chi connectivity index (χ1) is 15.3. The molecule has 1 fully saturated rings. The molecule has 5 nitrogen and oxygen atoms in total. The van der Waals surface area contributed by atoms with Gasteiger partial charge in [0.15, 0.2) is 0 Å². The minimum absolute atomic E-state index is 0.0652. The lowest BCUT2D eigenvalue weighted by molar-refractivity contribution is 0.0747. The first kappa shape index (κ1) is 19.6. The van der Waals surface area contributed by atoms with Crippen molar-refractivity contribution in [1.29, 1.82) is 0 Å². The molecule has 0 unspecified atom stereocenters. The molecule has 3 heterocycles. The standard InChI is InChI=1S/C25H24N4OS/c30-25(28-15-13-27(14-16-28)21-10-5-2-6-11-21)22-19-29(18-20-8-3-1-4-9-20)26-24(22)23-12-7-17-31-23/h1-12,17,19H,13-16,18H2. The molecule has 0 radical (unpaired) electrons. The van der Waals surface area contributed by atoms with Gasteiger partial charge in [-0.05, 0) is 29.1 Å². The van der Waals surface area contributed by atoms with E-state index in [9.17, 15) is 4.79 Å². The summed E-state index contributed by atoms with van der Waals surface area (Å²) in [4.78, 5) is 18.8. The molecule has 2 aromatic carbocycles. The van der Waals surface area contributed by atoms with E-state index in [1.807, 2.05) is 57.6 Å². The zero-order valence-electron chi connectivity index (χ0n) is 17.2. The number of aromatic nitrogens is 2. The molecule has 1 amide bonds. The van der Waals surface area contributed by atoms with Crippen LogP contribution in [0.4, 0.5) is 5.69 Å². The molecule has 0 atom stereocenters. The molecule has 156 valence electrons. The summed E-state index contributed by atoms with van der Waals surface area (Å²) in [7, 11) is 0. The van der Waals surface area contributed by atoms with Crippen LogP contribution < -0.4 is 4.90 Å². The number of anilines is 1. The maximum Gasteiger partial charge on any atom is 0.257 e. The van der Waals surface area contributed by atoms with Crippen LogP contribution in [-0.2, 0) is 6.54 Å². The number of amides is 1. The molecular formula is C25H24N4OS. The van der Waals surface area contributed by atoms with Crippen LogP contribution in [0.1, 0.15) is 15.9 Å². The highest BCUT2D eigenvalue weighted by Crippen LogP contribution is 2.28. The summed E-state index contributed by atoms with van der Waals surface area (Å²) < 4.78 is 1.89. The van der Waals surface area contributed by atoms with Gasteiger partial charge in [-0.2, -0.15) is 5.10 Å². The topological polar surface area (TPSA) is 41.4 Å². The van der Waals surface area contributed by atoms with Gasteiger partial charge >= 0.3 is 0 Å². The highest BCUT2D eigenvalue weighted by Gasteiger charge is 2.26. The Morgan fingerprint density at radius 1 is 0.871 bits per heavy atom. The number of carbonyl (C=O) groups excluding carboxylic acids is 1.